The zero-order valence-electron chi connectivity index (χ0n) is 10.3. The predicted molar refractivity (Wildman–Crippen MR) is 68.3 cm³/mol. The average molecular weight is 241 g/mol. The average Bonchev–Trinajstić information content (AvgIpc) is 2.83. The summed E-state index contributed by atoms with van der Waals surface area (Å²) < 4.78 is 5.88. The van der Waals surface area contributed by atoms with E-state index in [0.717, 1.165) is 30.2 Å². The van der Waals surface area contributed by atoms with Crippen LogP contribution in [0.1, 0.15) is 23.2 Å². The Morgan fingerprint density at radius 2 is 2.22 bits per heavy atom. The first-order chi connectivity index (χ1) is 8.86. The summed E-state index contributed by atoms with van der Waals surface area (Å²) in [5.41, 5.74) is 2.21. The highest BCUT2D eigenvalue weighted by Gasteiger charge is 2.26. The molecule has 0 spiro atoms. The van der Waals surface area contributed by atoms with Gasteiger partial charge < -0.3 is 10.1 Å². The number of benzene rings is 1. The standard InChI is InChI=1S/C14H15N3O/c1-15-9-11-6-7-16-14(17-11)13-8-10-4-2-3-5-12(10)18-13/h2-7,13,15H,8-9H2,1H3. The Kier molecular flexibility index (Phi) is 2.94. The molecule has 1 unspecified atom stereocenters. The summed E-state index contributed by atoms with van der Waals surface area (Å²) in [4.78, 5) is 8.85. The number of nitrogens with zero attached hydrogens (tertiary/aromatic N) is 2. The number of hydrogen-bond acceptors (Lipinski definition) is 4. The van der Waals surface area contributed by atoms with E-state index < -0.39 is 0 Å². The van der Waals surface area contributed by atoms with Crippen molar-refractivity contribution in [2.24, 2.45) is 0 Å². The second-order valence-corrected chi connectivity index (χ2v) is 4.35. The molecule has 0 saturated carbocycles. The fourth-order valence-corrected chi connectivity index (χ4v) is 2.17. The number of para-hydroxylation sites is 1. The predicted octanol–water partition coefficient (Wildman–Crippen LogP) is 1.87. The topological polar surface area (TPSA) is 47.0 Å². The Bertz CT molecular complexity index is 531. The summed E-state index contributed by atoms with van der Waals surface area (Å²) in [7, 11) is 1.91. The molecule has 0 aliphatic carbocycles. The molecule has 2 aromatic rings. The van der Waals surface area contributed by atoms with Gasteiger partial charge in [0.1, 0.15) is 5.75 Å². The lowest BCUT2D eigenvalue weighted by atomic mass is 10.1. The third kappa shape index (κ3) is 2.07. The van der Waals surface area contributed by atoms with Crippen LogP contribution in [0.2, 0.25) is 0 Å². The van der Waals surface area contributed by atoms with Crippen molar-refractivity contribution < 1.29 is 4.74 Å². The van der Waals surface area contributed by atoms with Gasteiger partial charge in [-0.05, 0) is 24.7 Å². The first-order valence-electron chi connectivity index (χ1n) is 6.08. The molecule has 1 aliphatic heterocycles. The van der Waals surface area contributed by atoms with Crippen molar-refractivity contribution in [3.05, 3.63) is 53.6 Å². The van der Waals surface area contributed by atoms with Gasteiger partial charge in [-0.2, -0.15) is 0 Å². The molecule has 1 N–H and O–H groups in total. The largest absolute Gasteiger partial charge is 0.482 e. The van der Waals surface area contributed by atoms with Gasteiger partial charge in [0.05, 0.1) is 5.69 Å². The minimum atomic E-state index is -0.0563. The van der Waals surface area contributed by atoms with Crippen molar-refractivity contribution in [2.45, 2.75) is 19.1 Å². The zero-order valence-corrected chi connectivity index (χ0v) is 10.3. The summed E-state index contributed by atoms with van der Waals surface area (Å²) in [5, 5.41) is 3.09. The van der Waals surface area contributed by atoms with E-state index in [0.29, 0.717) is 0 Å². The molecule has 2 heterocycles. The minimum absolute atomic E-state index is 0.0563. The number of nitrogens with one attached hydrogen (secondary N) is 1. The van der Waals surface area contributed by atoms with Gasteiger partial charge in [-0.3, -0.25) is 0 Å². The Morgan fingerprint density at radius 1 is 1.33 bits per heavy atom. The molecular formula is C14H15N3O. The molecule has 3 rings (SSSR count). The Hall–Kier alpha value is -1.94. The van der Waals surface area contributed by atoms with Gasteiger partial charge in [0.25, 0.3) is 0 Å². The van der Waals surface area contributed by atoms with Gasteiger partial charge in [-0.25, -0.2) is 9.97 Å². The van der Waals surface area contributed by atoms with E-state index in [4.69, 9.17) is 4.74 Å². The smallest absolute Gasteiger partial charge is 0.169 e. The minimum Gasteiger partial charge on any atom is -0.482 e. The summed E-state index contributed by atoms with van der Waals surface area (Å²) in [6.07, 6.45) is 2.58. The molecule has 0 saturated heterocycles. The van der Waals surface area contributed by atoms with Crippen LogP contribution >= 0.6 is 0 Å². The van der Waals surface area contributed by atoms with Crippen LogP contribution in [0.25, 0.3) is 0 Å². The van der Waals surface area contributed by atoms with E-state index in [2.05, 4.69) is 21.4 Å². The van der Waals surface area contributed by atoms with Crippen LogP contribution in [-0.4, -0.2) is 17.0 Å². The molecule has 1 aromatic heterocycles. The van der Waals surface area contributed by atoms with Gasteiger partial charge in [0.15, 0.2) is 11.9 Å². The summed E-state index contributed by atoms with van der Waals surface area (Å²) >= 11 is 0. The van der Waals surface area contributed by atoms with Crippen LogP contribution in [0.4, 0.5) is 0 Å². The number of hydrogen-bond donors (Lipinski definition) is 1. The normalized spacial score (nSPS) is 17.3. The molecule has 0 radical (unpaired) electrons. The fraction of sp³-hybridized carbons (Fsp3) is 0.286. The SMILES string of the molecule is CNCc1ccnc(C2Cc3ccccc3O2)n1. The van der Waals surface area contributed by atoms with E-state index in [1.165, 1.54) is 5.56 Å². The second-order valence-electron chi connectivity index (χ2n) is 4.35. The Balaban J connectivity index is 1.83. The molecule has 4 nitrogen and oxygen atoms in total. The van der Waals surface area contributed by atoms with Crippen LogP contribution in [0.5, 0.6) is 5.75 Å². The summed E-state index contributed by atoms with van der Waals surface area (Å²) in [6, 6.07) is 10.0. The van der Waals surface area contributed by atoms with Crippen LogP contribution in [0.3, 0.4) is 0 Å². The molecule has 1 aliphatic rings. The molecule has 1 aromatic carbocycles. The highest BCUT2D eigenvalue weighted by Crippen LogP contribution is 2.34. The first kappa shape index (κ1) is 11.2. The number of fused-ring (bicyclic) bond motifs is 1. The van der Waals surface area contributed by atoms with Gasteiger partial charge in [-0.15, -0.1) is 0 Å². The van der Waals surface area contributed by atoms with Crippen LogP contribution < -0.4 is 10.1 Å². The van der Waals surface area contributed by atoms with Crippen molar-refractivity contribution in [3.63, 3.8) is 0 Å². The van der Waals surface area contributed by atoms with Crippen molar-refractivity contribution >= 4 is 0 Å². The van der Waals surface area contributed by atoms with E-state index in [1.807, 2.05) is 31.3 Å². The highest BCUT2D eigenvalue weighted by atomic mass is 16.5. The summed E-state index contributed by atoms with van der Waals surface area (Å²) in [5.74, 6) is 1.71. The fourth-order valence-electron chi connectivity index (χ4n) is 2.17. The number of rotatable bonds is 3. The third-order valence-electron chi connectivity index (χ3n) is 3.02. The van der Waals surface area contributed by atoms with E-state index in [-0.39, 0.29) is 6.10 Å². The lowest BCUT2D eigenvalue weighted by molar-refractivity contribution is 0.227. The highest BCUT2D eigenvalue weighted by molar-refractivity contribution is 5.38. The van der Waals surface area contributed by atoms with Crippen molar-refractivity contribution in [3.8, 4) is 5.75 Å². The molecule has 0 fully saturated rings. The van der Waals surface area contributed by atoms with Crippen molar-refractivity contribution in [2.75, 3.05) is 7.05 Å². The van der Waals surface area contributed by atoms with Crippen molar-refractivity contribution in [1.29, 1.82) is 0 Å². The van der Waals surface area contributed by atoms with Crippen molar-refractivity contribution in [1.82, 2.24) is 15.3 Å². The lowest BCUT2D eigenvalue weighted by Gasteiger charge is -2.10. The number of ether oxygens (including phenoxy) is 1. The summed E-state index contributed by atoms with van der Waals surface area (Å²) in [6.45, 7) is 0.745. The van der Waals surface area contributed by atoms with E-state index in [9.17, 15) is 0 Å². The maximum Gasteiger partial charge on any atom is 0.169 e. The third-order valence-corrected chi connectivity index (χ3v) is 3.02. The quantitative estimate of drug-likeness (QED) is 0.891. The molecule has 0 bridgehead atoms. The zero-order chi connectivity index (χ0) is 12.4. The van der Waals surface area contributed by atoms with E-state index >= 15 is 0 Å². The Morgan fingerprint density at radius 3 is 3.06 bits per heavy atom. The lowest BCUT2D eigenvalue weighted by Crippen LogP contribution is -2.13. The maximum atomic E-state index is 5.88. The molecule has 0 amide bonds. The molecule has 92 valence electrons. The van der Waals surface area contributed by atoms with Gasteiger partial charge in [0.2, 0.25) is 0 Å². The molecular weight excluding hydrogens is 226 g/mol. The van der Waals surface area contributed by atoms with Gasteiger partial charge >= 0.3 is 0 Å². The second kappa shape index (κ2) is 4.74. The van der Waals surface area contributed by atoms with Gasteiger partial charge in [-0.1, -0.05) is 18.2 Å². The maximum absolute atomic E-state index is 5.88. The van der Waals surface area contributed by atoms with Crippen LogP contribution in [0, 0.1) is 0 Å². The first-order valence-corrected chi connectivity index (χ1v) is 6.08. The Labute approximate surface area is 106 Å². The van der Waals surface area contributed by atoms with Crippen LogP contribution in [0.15, 0.2) is 36.5 Å². The molecule has 1 atom stereocenters. The number of aromatic nitrogens is 2. The molecule has 18 heavy (non-hydrogen) atoms. The monoisotopic (exact) mass is 241 g/mol. The van der Waals surface area contributed by atoms with Crippen LogP contribution in [-0.2, 0) is 13.0 Å². The molecule has 4 heteroatoms. The van der Waals surface area contributed by atoms with Gasteiger partial charge in [0, 0.05) is 19.2 Å². The van der Waals surface area contributed by atoms with E-state index in [1.54, 1.807) is 6.20 Å².